The van der Waals surface area contributed by atoms with Crippen molar-refractivity contribution in [1.82, 2.24) is 19.9 Å². The van der Waals surface area contributed by atoms with Gasteiger partial charge in [-0.3, -0.25) is 19.2 Å². The summed E-state index contributed by atoms with van der Waals surface area (Å²) in [5, 5.41) is 22.8. The Hall–Kier alpha value is -5.63. The van der Waals surface area contributed by atoms with Crippen molar-refractivity contribution in [3.63, 3.8) is 0 Å². The minimum atomic E-state index is -0.576. The molecule has 2 atom stereocenters. The molecular formula is C35H29N5O8S. The molecule has 4 aliphatic rings. The van der Waals surface area contributed by atoms with Gasteiger partial charge in [0, 0.05) is 52.6 Å². The molecule has 2 amide bonds. The van der Waals surface area contributed by atoms with Crippen LogP contribution >= 0.6 is 11.8 Å². The smallest absolute Gasteiger partial charge is 0.274 e. The Morgan fingerprint density at radius 3 is 2.49 bits per heavy atom. The molecule has 1 saturated heterocycles. The van der Waals surface area contributed by atoms with Gasteiger partial charge in [0.2, 0.25) is 10.9 Å². The first-order valence-electron chi connectivity index (χ1n) is 15.7. The quantitative estimate of drug-likeness (QED) is 0.177. The summed E-state index contributed by atoms with van der Waals surface area (Å²) in [5.74, 6) is -0.833. The molecule has 5 N–H and O–H groups in total. The first kappa shape index (κ1) is 29.5. The Labute approximate surface area is 281 Å². The summed E-state index contributed by atoms with van der Waals surface area (Å²) in [6.07, 6.45) is 4.35. The van der Waals surface area contributed by atoms with Crippen LogP contribution in [0.2, 0.25) is 0 Å². The molecular weight excluding hydrogens is 650 g/mol. The fraction of sp³-hybridized carbons (Fsp3) is 0.257. The zero-order chi connectivity index (χ0) is 34.1. The van der Waals surface area contributed by atoms with Crippen molar-refractivity contribution in [3.8, 4) is 23.0 Å². The van der Waals surface area contributed by atoms with E-state index in [2.05, 4.69) is 15.0 Å². The molecule has 49 heavy (non-hydrogen) atoms. The molecule has 1 saturated carbocycles. The normalized spacial score (nSPS) is 20.3. The number of fused-ring (bicyclic) bond motifs is 5. The number of likely N-dealkylation sites (tertiary alicyclic amines) is 1. The molecule has 2 fully saturated rings. The van der Waals surface area contributed by atoms with Crippen LogP contribution in [0.25, 0.3) is 21.8 Å². The van der Waals surface area contributed by atoms with Crippen LogP contribution in [0.4, 0.5) is 5.69 Å². The summed E-state index contributed by atoms with van der Waals surface area (Å²) < 4.78 is 10.7. The highest BCUT2D eigenvalue weighted by Gasteiger charge is 2.68. The van der Waals surface area contributed by atoms with E-state index in [1.54, 1.807) is 35.4 Å². The number of aromatic amines is 3. The van der Waals surface area contributed by atoms with E-state index in [-0.39, 0.29) is 52.2 Å². The number of piperidine rings is 1. The summed E-state index contributed by atoms with van der Waals surface area (Å²) in [5.41, 5.74) is 3.98. The Morgan fingerprint density at radius 2 is 1.73 bits per heavy atom. The van der Waals surface area contributed by atoms with Gasteiger partial charge in [-0.05, 0) is 60.4 Å². The predicted molar refractivity (Wildman–Crippen MR) is 180 cm³/mol. The Bertz CT molecular complexity index is 2400. The van der Waals surface area contributed by atoms with Crippen molar-refractivity contribution in [3.05, 3.63) is 76.0 Å². The van der Waals surface area contributed by atoms with Crippen molar-refractivity contribution >= 4 is 62.0 Å². The third-order valence-electron chi connectivity index (χ3n) is 10.5. The number of amides is 2. The SMILES string of the molecule is COc1cc2cc(C(=O)N3CC4CC45C3=CC(=O)c3[nH]c(C(=O)N4CCc6c4c(O)c(OC)c4[nH]c(C(=O)SC)cc64)cc35)[nH]c2cc1O. The van der Waals surface area contributed by atoms with Crippen LogP contribution in [0, 0.1) is 5.92 Å². The monoisotopic (exact) mass is 679 g/mol. The number of methoxy groups -OCH3 is 2. The third kappa shape index (κ3) is 3.82. The number of benzene rings is 2. The summed E-state index contributed by atoms with van der Waals surface area (Å²) in [7, 11) is 2.86. The average Bonchev–Trinajstić information content (AvgIpc) is 3.73. The van der Waals surface area contributed by atoms with Crippen LogP contribution in [0.5, 0.6) is 23.0 Å². The lowest BCUT2D eigenvalue weighted by Gasteiger charge is -2.27. The second kappa shape index (κ2) is 9.95. The number of aromatic hydroxyl groups is 2. The number of H-pyrrole nitrogens is 3. The lowest BCUT2D eigenvalue weighted by atomic mass is 9.85. The number of hydrogen-bond donors (Lipinski definition) is 5. The molecule has 9 rings (SSSR count). The molecule has 14 heteroatoms. The van der Waals surface area contributed by atoms with Gasteiger partial charge in [0.1, 0.15) is 11.4 Å². The van der Waals surface area contributed by atoms with E-state index in [4.69, 9.17) is 9.47 Å². The summed E-state index contributed by atoms with van der Waals surface area (Å²) in [4.78, 5) is 66.3. The fourth-order valence-corrected chi connectivity index (χ4v) is 8.52. The minimum absolute atomic E-state index is 0.0514. The van der Waals surface area contributed by atoms with E-state index < -0.39 is 11.3 Å². The Kier molecular flexibility index (Phi) is 5.99. The number of aromatic nitrogens is 3. The van der Waals surface area contributed by atoms with Gasteiger partial charge in [-0.1, -0.05) is 11.8 Å². The molecule has 5 aromatic rings. The van der Waals surface area contributed by atoms with Gasteiger partial charge < -0.3 is 44.4 Å². The van der Waals surface area contributed by atoms with Crippen molar-refractivity contribution in [2.24, 2.45) is 5.92 Å². The van der Waals surface area contributed by atoms with Crippen molar-refractivity contribution in [2.75, 3.05) is 38.5 Å². The van der Waals surface area contributed by atoms with Crippen LogP contribution in [-0.2, 0) is 11.8 Å². The number of anilines is 1. The largest absolute Gasteiger partial charge is 0.504 e. The van der Waals surface area contributed by atoms with Gasteiger partial charge in [-0.15, -0.1) is 0 Å². The average molecular weight is 680 g/mol. The van der Waals surface area contributed by atoms with E-state index in [9.17, 15) is 29.4 Å². The molecule has 3 aromatic heterocycles. The first-order valence-corrected chi connectivity index (χ1v) is 16.9. The lowest BCUT2D eigenvalue weighted by Crippen LogP contribution is -2.33. The zero-order valence-electron chi connectivity index (χ0n) is 26.5. The molecule has 13 nitrogen and oxygen atoms in total. The van der Waals surface area contributed by atoms with Gasteiger partial charge in [-0.2, -0.15) is 0 Å². The maximum Gasteiger partial charge on any atom is 0.274 e. The summed E-state index contributed by atoms with van der Waals surface area (Å²) in [6, 6.07) is 8.28. The van der Waals surface area contributed by atoms with Crippen LogP contribution in [-0.4, -0.2) is 86.3 Å². The maximum atomic E-state index is 14.2. The number of ketones is 1. The zero-order valence-corrected chi connectivity index (χ0v) is 27.3. The van der Waals surface area contributed by atoms with E-state index >= 15 is 0 Å². The summed E-state index contributed by atoms with van der Waals surface area (Å²) in [6.45, 7) is 0.683. The second-order valence-corrected chi connectivity index (χ2v) is 13.6. The van der Waals surface area contributed by atoms with E-state index in [1.807, 2.05) is 0 Å². The van der Waals surface area contributed by atoms with Crippen molar-refractivity contribution in [1.29, 1.82) is 0 Å². The van der Waals surface area contributed by atoms with Gasteiger partial charge in [0.05, 0.1) is 36.8 Å². The minimum Gasteiger partial charge on any atom is -0.504 e. The van der Waals surface area contributed by atoms with Crippen molar-refractivity contribution in [2.45, 2.75) is 18.3 Å². The molecule has 2 aliphatic carbocycles. The highest BCUT2D eigenvalue weighted by molar-refractivity contribution is 8.13. The molecule has 5 heterocycles. The first-order chi connectivity index (χ1) is 23.6. The molecule has 1 spiro atoms. The number of hydrogen-bond acceptors (Lipinski definition) is 9. The fourth-order valence-electron chi connectivity index (χ4n) is 8.19. The number of thioether (sulfide) groups is 1. The van der Waals surface area contributed by atoms with E-state index in [0.29, 0.717) is 80.1 Å². The van der Waals surface area contributed by atoms with Gasteiger partial charge >= 0.3 is 0 Å². The van der Waals surface area contributed by atoms with Crippen LogP contribution < -0.4 is 14.4 Å². The van der Waals surface area contributed by atoms with Gasteiger partial charge in [0.15, 0.2) is 23.0 Å². The molecule has 2 unspecified atom stereocenters. The number of phenolic OH excluding ortho intramolecular Hbond substituents is 2. The molecule has 248 valence electrons. The standard InChI is InChI=1S/C35H29N5O8S/c1-47-25-7-14-6-20(36-19(14)10-23(25)41)33(45)40-13-15-12-35(15)18-9-21(37-28(18)24(42)11-26(35)40)32(44)39-5-4-16-17-8-22(34(46)49-3)38-27(17)31(48-2)30(43)29(16)39/h6-11,15,36-38,41,43H,4-5,12-13H2,1-3H3. The van der Waals surface area contributed by atoms with Gasteiger partial charge in [-0.25, -0.2) is 0 Å². The number of nitrogens with zero attached hydrogens (tertiary/aromatic N) is 2. The van der Waals surface area contributed by atoms with Crippen LogP contribution in [0.1, 0.15) is 59.5 Å². The number of ether oxygens (including phenoxy) is 2. The highest BCUT2D eigenvalue weighted by atomic mass is 32.2. The van der Waals surface area contributed by atoms with Crippen LogP contribution in [0.3, 0.4) is 0 Å². The van der Waals surface area contributed by atoms with Crippen LogP contribution in [0.15, 0.2) is 42.1 Å². The van der Waals surface area contributed by atoms with E-state index in [0.717, 1.165) is 18.2 Å². The Balaban J connectivity index is 1.05. The number of allylic oxidation sites excluding steroid dienone is 2. The Morgan fingerprint density at radius 1 is 0.959 bits per heavy atom. The number of rotatable bonds is 5. The third-order valence-corrected chi connectivity index (χ3v) is 11.1. The molecule has 0 bridgehead atoms. The van der Waals surface area contributed by atoms with E-state index in [1.165, 1.54) is 31.3 Å². The second-order valence-electron chi connectivity index (χ2n) is 12.8. The maximum absolute atomic E-state index is 14.2. The highest BCUT2D eigenvalue weighted by Crippen LogP contribution is 2.67. The molecule has 2 aliphatic heterocycles. The summed E-state index contributed by atoms with van der Waals surface area (Å²) >= 11 is 1.06. The number of carbonyl (C=O) groups is 4. The topological polar surface area (TPSA) is 181 Å². The lowest BCUT2D eigenvalue weighted by molar-refractivity contribution is 0.0806. The van der Waals surface area contributed by atoms with Crippen molar-refractivity contribution < 1.29 is 38.9 Å². The number of nitrogens with one attached hydrogen (secondary N) is 3. The predicted octanol–water partition coefficient (Wildman–Crippen LogP) is 4.61. The number of carbonyl (C=O) groups excluding carboxylic acids is 4. The molecule has 0 radical (unpaired) electrons. The number of phenols is 2. The molecule has 2 aromatic carbocycles. The van der Waals surface area contributed by atoms with Gasteiger partial charge in [0.25, 0.3) is 11.8 Å².